The van der Waals surface area contributed by atoms with Crippen molar-refractivity contribution in [3.05, 3.63) is 76.0 Å². The van der Waals surface area contributed by atoms with Gasteiger partial charge in [-0.25, -0.2) is 9.37 Å². The molecule has 30 heavy (non-hydrogen) atoms. The Hall–Kier alpha value is -2.73. The van der Waals surface area contributed by atoms with E-state index in [0.717, 1.165) is 16.9 Å². The fourth-order valence-electron chi connectivity index (χ4n) is 2.60. The van der Waals surface area contributed by atoms with Crippen molar-refractivity contribution in [1.82, 2.24) is 9.71 Å². The van der Waals surface area contributed by atoms with Gasteiger partial charge in [-0.05, 0) is 62.5 Å². The maximum Gasteiger partial charge on any atom is 0.190 e. The van der Waals surface area contributed by atoms with Gasteiger partial charge in [0.15, 0.2) is 11.4 Å². The van der Waals surface area contributed by atoms with Gasteiger partial charge in [0.1, 0.15) is 11.5 Å². The smallest absolute Gasteiger partial charge is 0.190 e. The summed E-state index contributed by atoms with van der Waals surface area (Å²) in [6, 6.07) is 15.9. The minimum absolute atomic E-state index is 0.240. The van der Waals surface area contributed by atoms with Gasteiger partial charge >= 0.3 is 0 Å². The topological polar surface area (TPSA) is 69.0 Å². The number of rotatable bonds is 7. The standard InChI is InChI=1S/C20H16FN3OS.C2H7NS/c1-14-19(13-25)23-20(26-14)24(17-8-6-15(12-22)7-9-17)11-10-16-4-2-3-5-18(16)21;1-3-4-2/h2-9,13H,10-11H2,1H3;3H,1-2H3. The monoisotopic (exact) mass is 442 g/mol. The molecule has 156 valence electrons. The van der Waals surface area contributed by atoms with Crippen LogP contribution in [0.1, 0.15) is 26.5 Å². The van der Waals surface area contributed by atoms with Crippen LogP contribution in [0.25, 0.3) is 0 Å². The van der Waals surface area contributed by atoms with Crippen LogP contribution in [-0.4, -0.2) is 31.1 Å². The quantitative estimate of drug-likeness (QED) is 0.404. The summed E-state index contributed by atoms with van der Waals surface area (Å²) in [6.07, 6.45) is 3.21. The van der Waals surface area contributed by atoms with E-state index in [9.17, 15) is 9.18 Å². The van der Waals surface area contributed by atoms with Gasteiger partial charge in [0, 0.05) is 17.1 Å². The van der Waals surface area contributed by atoms with Gasteiger partial charge in [-0.1, -0.05) is 30.1 Å². The van der Waals surface area contributed by atoms with Gasteiger partial charge in [0.25, 0.3) is 0 Å². The Balaban J connectivity index is 0.000000735. The highest BCUT2D eigenvalue weighted by molar-refractivity contribution is 7.96. The molecule has 1 aromatic heterocycles. The lowest BCUT2D eigenvalue weighted by Crippen LogP contribution is -2.20. The molecule has 0 saturated carbocycles. The summed E-state index contributed by atoms with van der Waals surface area (Å²) >= 11 is 3.02. The number of benzene rings is 2. The van der Waals surface area contributed by atoms with E-state index in [1.807, 2.05) is 43.3 Å². The zero-order valence-electron chi connectivity index (χ0n) is 17.1. The van der Waals surface area contributed by atoms with Gasteiger partial charge in [-0.3, -0.25) is 9.52 Å². The molecule has 1 N–H and O–H groups in total. The van der Waals surface area contributed by atoms with Gasteiger partial charge in [0.05, 0.1) is 11.6 Å². The molecule has 0 saturated heterocycles. The van der Waals surface area contributed by atoms with Crippen LogP contribution in [0.4, 0.5) is 15.2 Å². The highest BCUT2D eigenvalue weighted by Gasteiger charge is 2.17. The highest BCUT2D eigenvalue weighted by atomic mass is 32.2. The Morgan fingerprint density at radius 3 is 2.47 bits per heavy atom. The zero-order valence-corrected chi connectivity index (χ0v) is 18.7. The second-order valence-electron chi connectivity index (χ2n) is 6.12. The van der Waals surface area contributed by atoms with E-state index >= 15 is 0 Å². The number of nitrogens with zero attached hydrogens (tertiary/aromatic N) is 3. The molecular formula is C22H23FN4OS2. The third-order valence-electron chi connectivity index (χ3n) is 4.24. The summed E-state index contributed by atoms with van der Waals surface area (Å²) in [7, 11) is 1.89. The van der Waals surface area contributed by atoms with E-state index in [-0.39, 0.29) is 5.82 Å². The van der Waals surface area contributed by atoms with Crippen LogP contribution in [0.3, 0.4) is 0 Å². The number of nitriles is 1. The lowest BCUT2D eigenvalue weighted by atomic mass is 10.1. The maximum absolute atomic E-state index is 14.0. The first kappa shape index (κ1) is 23.5. The molecular weight excluding hydrogens is 419 g/mol. The third-order valence-corrected chi connectivity index (χ3v) is 5.66. The van der Waals surface area contributed by atoms with Gasteiger partial charge in [-0.15, -0.1) is 11.3 Å². The number of aldehydes is 1. The van der Waals surface area contributed by atoms with Crippen molar-refractivity contribution in [2.45, 2.75) is 13.3 Å². The Bertz CT molecular complexity index is 997. The number of aromatic nitrogens is 1. The average molecular weight is 443 g/mol. The van der Waals surface area contributed by atoms with Crippen LogP contribution < -0.4 is 9.62 Å². The van der Waals surface area contributed by atoms with E-state index in [4.69, 9.17) is 5.26 Å². The molecule has 0 atom stereocenters. The summed E-state index contributed by atoms with van der Waals surface area (Å²) in [5.41, 5.74) is 2.43. The first-order valence-corrected chi connectivity index (χ1v) is 11.2. The van der Waals surface area contributed by atoms with Crippen molar-refractivity contribution in [2.75, 3.05) is 24.7 Å². The summed E-state index contributed by atoms with van der Waals surface area (Å²) < 4.78 is 16.8. The maximum atomic E-state index is 14.0. The molecule has 0 fully saturated rings. The molecule has 0 aliphatic heterocycles. The molecule has 3 rings (SSSR count). The van der Waals surface area contributed by atoms with Crippen LogP contribution in [0.2, 0.25) is 0 Å². The predicted octanol–water partition coefficient (Wildman–Crippen LogP) is 5.14. The van der Waals surface area contributed by atoms with Crippen molar-refractivity contribution in [3.63, 3.8) is 0 Å². The van der Waals surface area contributed by atoms with E-state index in [1.165, 1.54) is 17.4 Å². The lowest BCUT2D eigenvalue weighted by Gasteiger charge is -2.22. The molecule has 2 aromatic carbocycles. The number of hydrogen-bond donors (Lipinski definition) is 1. The first-order valence-electron chi connectivity index (χ1n) is 9.17. The minimum Gasteiger partial charge on any atom is -0.317 e. The van der Waals surface area contributed by atoms with Gasteiger partial charge < -0.3 is 4.90 Å². The first-order chi connectivity index (χ1) is 14.5. The Labute approximate surface area is 184 Å². The Kier molecular flexibility index (Phi) is 9.48. The van der Waals surface area contributed by atoms with Crippen LogP contribution in [0.15, 0.2) is 48.5 Å². The Morgan fingerprint density at radius 2 is 1.93 bits per heavy atom. The largest absolute Gasteiger partial charge is 0.317 e. The molecule has 0 amide bonds. The molecule has 0 unspecified atom stereocenters. The molecule has 0 aliphatic carbocycles. The van der Waals surface area contributed by atoms with Crippen LogP contribution in [0.5, 0.6) is 0 Å². The summed E-state index contributed by atoms with van der Waals surface area (Å²) in [5.74, 6) is -0.240. The van der Waals surface area contributed by atoms with Crippen LogP contribution in [-0.2, 0) is 6.42 Å². The summed E-state index contributed by atoms with van der Waals surface area (Å²) in [4.78, 5) is 18.3. The number of carbonyl (C=O) groups excluding carboxylic acids is 1. The number of aryl methyl sites for hydroxylation is 1. The van der Waals surface area contributed by atoms with E-state index in [1.54, 1.807) is 36.2 Å². The van der Waals surface area contributed by atoms with Crippen molar-refractivity contribution < 1.29 is 9.18 Å². The predicted molar refractivity (Wildman–Crippen MR) is 123 cm³/mol. The molecule has 1 heterocycles. The van der Waals surface area contributed by atoms with Crippen molar-refractivity contribution in [2.24, 2.45) is 0 Å². The Morgan fingerprint density at radius 1 is 1.27 bits per heavy atom. The van der Waals surface area contributed by atoms with Crippen LogP contribution >= 0.6 is 23.3 Å². The zero-order chi connectivity index (χ0) is 21.9. The SMILES string of the molecule is CNSC.Cc1sc(N(CCc2ccccc2F)c2ccc(C#N)cc2)nc1C=O. The van der Waals surface area contributed by atoms with Crippen molar-refractivity contribution in [1.29, 1.82) is 5.26 Å². The lowest BCUT2D eigenvalue weighted by molar-refractivity contribution is 0.111. The number of thiazole rings is 1. The molecule has 0 aliphatic rings. The molecule has 3 aromatic rings. The van der Waals surface area contributed by atoms with E-state index in [0.29, 0.717) is 34.9 Å². The normalized spacial score (nSPS) is 9.97. The summed E-state index contributed by atoms with van der Waals surface area (Å²) in [5, 5.41) is 9.66. The van der Waals surface area contributed by atoms with E-state index in [2.05, 4.69) is 15.8 Å². The molecule has 0 spiro atoms. The van der Waals surface area contributed by atoms with Crippen LogP contribution in [0, 0.1) is 24.1 Å². The fourth-order valence-corrected chi connectivity index (χ4v) is 3.53. The van der Waals surface area contributed by atoms with Crippen molar-refractivity contribution >= 4 is 40.4 Å². The molecule has 8 heteroatoms. The third kappa shape index (κ3) is 6.39. The average Bonchev–Trinajstić information content (AvgIpc) is 3.16. The number of carbonyl (C=O) groups is 1. The number of anilines is 2. The number of hydrogen-bond acceptors (Lipinski definition) is 7. The minimum atomic E-state index is -0.240. The summed E-state index contributed by atoms with van der Waals surface area (Å²) in [6.45, 7) is 2.34. The molecule has 0 bridgehead atoms. The second-order valence-corrected chi connectivity index (χ2v) is 8.11. The molecule has 0 radical (unpaired) electrons. The van der Waals surface area contributed by atoms with Gasteiger partial charge in [0.2, 0.25) is 0 Å². The fraction of sp³-hybridized carbons (Fsp3) is 0.227. The second kappa shape index (κ2) is 12.1. The highest BCUT2D eigenvalue weighted by Crippen LogP contribution is 2.31. The molecule has 5 nitrogen and oxygen atoms in total. The number of nitrogens with one attached hydrogen (secondary N) is 1. The number of halogens is 1. The van der Waals surface area contributed by atoms with E-state index < -0.39 is 0 Å². The van der Waals surface area contributed by atoms with Gasteiger partial charge in [-0.2, -0.15) is 5.26 Å². The van der Waals surface area contributed by atoms with Crippen molar-refractivity contribution in [3.8, 4) is 6.07 Å².